The van der Waals surface area contributed by atoms with Crippen LogP contribution in [0, 0.1) is 0 Å². The minimum absolute atomic E-state index is 0.319. The molecule has 0 saturated heterocycles. The molecule has 0 aliphatic heterocycles. The van der Waals surface area contributed by atoms with Crippen molar-refractivity contribution in [1.29, 1.82) is 0 Å². The Hall–Kier alpha value is -0.580. The molecule has 0 aromatic rings. The fraction of sp³-hybridized carbons (Fsp3) is 0.917. The summed E-state index contributed by atoms with van der Waals surface area (Å²) in [6.45, 7) is 3.51. The third-order valence-electron chi connectivity index (χ3n) is 5.45. The molecule has 0 aliphatic carbocycles. The Morgan fingerprint density at radius 1 is 0.724 bits per heavy atom. The number of carbonyl (C=O) groups excluding carboxylic acids is 1. The van der Waals surface area contributed by atoms with E-state index in [-0.39, 0.29) is 4.83 Å². The molecule has 0 aromatic heterocycles. The predicted molar refractivity (Wildman–Crippen MR) is 125 cm³/mol. The van der Waals surface area contributed by atoms with Crippen LogP contribution in [0.15, 0.2) is 0 Å². The van der Waals surface area contributed by atoms with Gasteiger partial charge in [-0.1, -0.05) is 132 Å². The summed E-state index contributed by atoms with van der Waals surface area (Å²) in [5.41, 5.74) is 0. The predicted octanol–water partition coefficient (Wildman–Crippen LogP) is 7.81. The number of carbonyl (C=O) groups is 2. The molecule has 172 valence electrons. The maximum atomic E-state index is 11.2. The van der Waals surface area contributed by atoms with E-state index in [2.05, 4.69) is 22.9 Å². The third kappa shape index (κ3) is 19.1. The lowest BCUT2D eigenvalue weighted by Gasteiger charge is -2.18. The van der Waals surface area contributed by atoms with E-state index in [1.54, 1.807) is 0 Å². The Balaban J connectivity index is 3.37. The lowest BCUT2D eigenvalue weighted by Crippen LogP contribution is -2.34. The van der Waals surface area contributed by atoms with E-state index in [9.17, 15) is 9.59 Å². The van der Waals surface area contributed by atoms with Crippen molar-refractivity contribution in [1.82, 2.24) is 0 Å². The van der Waals surface area contributed by atoms with Crippen LogP contribution in [0.25, 0.3) is 0 Å². The molecular formula is C24H45BrO4. The summed E-state index contributed by atoms with van der Waals surface area (Å²) in [7, 11) is 0. The molecule has 1 N–H and O–H groups in total. The monoisotopic (exact) mass is 476 g/mol. The van der Waals surface area contributed by atoms with E-state index in [1.165, 1.54) is 103 Å². The van der Waals surface area contributed by atoms with Gasteiger partial charge in [-0.05, 0) is 6.42 Å². The highest BCUT2D eigenvalue weighted by molar-refractivity contribution is 9.09. The molecule has 0 radical (unpaired) electrons. The molecule has 0 spiro atoms. The Labute approximate surface area is 187 Å². The van der Waals surface area contributed by atoms with Crippen molar-refractivity contribution in [2.75, 3.05) is 0 Å². The molecule has 0 bridgehead atoms. The van der Waals surface area contributed by atoms with Crippen LogP contribution in [0.5, 0.6) is 0 Å². The molecule has 4 nitrogen and oxygen atoms in total. The highest BCUT2D eigenvalue weighted by Crippen LogP contribution is 2.19. The standard InChI is InChI=1S/C24H45BrO4/c1-3-4-5-6-7-8-9-10-11-12-13-14-15-16-17-18-19-20-22(25)23(24(27)28)29-21(2)26/h22-23H,3-20H2,1-2H3,(H,27,28). The zero-order valence-corrected chi connectivity index (χ0v) is 20.5. The fourth-order valence-corrected chi connectivity index (χ4v) is 4.33. The number of aliphatic carboxylic acids is 1. The number of unbranched alkanes of at least 4 members (excludes halogenated alkanes) is 16. The molecule has 0 fully saturated rings. The minimum atomic E-state index is -1.09. The number of alkyl halides is 1. The third-order valence-corrected chi connectivity index (χ3v) is 6.39. The van der Waals surface area contributed by atoms with E-state index in [4.69, 9.17) is 9.84 Å². The van der Waals surface area contributed by atoms with Gasteiger partial charge in [0.25, 0.3) is 0 Å². The summed E-state index contributed by atoms with van der Waals surface area (Å²) in [4.78, 5) is 21.8. The van der Waals surface area contributed by atoms with Gasteiger partial charge in [0.1, 0.15) is 0 Å². The van der Waals surface area contributed by atoms with Gasteiger partial charge in [-0.2, -0.15) is 0 Å². The molecule has 2 unspecified atom stereocenters. The van der Waals surface area contributed by atoms with Gasteiger partial charge >= 0.3 is 11.9 Å². The number of hydrogen-bond donors (Lipinski definition) is 1. The van der Waals surface area contributed by atoms with Crippen molar-refractivity contribution in [3.8, 4) is 0 Å². The van der Waals surface area contributed by atoms with Crippen LogP contribution in [0.1, 0.15) is 129 Å². The number of carboxylic acids is 1. The smallest absolute Gasteiger partial charge is 0.346 e. The minimum Gasteiger partial charge on any atom is -0.478 e. The van der Waals surface area contributed by atoms with Crippen molar-refractivity contribution in [2.45, 2.75) is 140 Å². The first-order valence-corrected chi connectivity index (χ1v) is 12.9. The summed E-state index contributed by atoms with van der Waals surface area (Å²) in [6, 6.07) is 0. The van der Waals surface area contributed by atoms with Crippen LogP contribution in [0.3, 0.4) is 0 Å². The van der Waals surface area contributed by atoms with Gasteiger partial charge in [0, 0.05) is 6.92 Å². The normalized spacial score (nSPS) is 13.2. The van der Waals surface area contributed by atoms with Crippen LogP contribution in [0.4, 0.5) is 0 Å². The number of ether oxygens (including phenoxy) is 1. The van der Waals surface area contributed by atoms with Gasteiger partial charge in [-0.25, -0.2) is 4.79 Å². The highest BCUT2D eigenvalue weighted by atomic mass is 79.9. The van der Waals surface area contributed by atoms with E-state index >= 15 is 0 Å². The Morgan fingerprint density at radius 2 is 1.07 bits per heavy atom. The van der Waals surface area contributed by atoms with Crippen LogP contribution in [-0.4, -0.2) is 28.0 Å². The molecule has 0 aliphatic rings. The number of rotatable bonds is 21. The van der Waals surface area contributed by atoms with E-state index in [1.807, 2.05) is 0 Å². The number of carboxylic acid groups (broad SMARTS) is 1. The first-order chi connectivity index (χ1) is 14.0. The molecule has 2 atom stereocenters. The molecule has 29 heavy (non-hydrogen) atoms. The van der Waals surface area contributed by atoms with E-state index < -0.39 is 18.0 Å². The second kappa shape index (κ2) is 20.7. The summed E-state index contributed by atoms with van der Waals surface area (Å²) in [5.74, 6) is -1.64. The van der Waals surface area contributed by atoms with Crippen LogP contribution >= 0.6 is 15.9 Å². The molecule has 0 heterocycles. The fourth-order valence-electron chi connectivity index (χ4n) is 3.67. The van der Waals surface area contributed by atoms with E-state index in [0.29, 0.717) is 6.42 Å². The average Bonchev–Trinajstić information content (AvgIpc) is 2.68. The molecule has 0 aromatic carbocycles. The Kier molecular flexibility index (Phi) is 20.3. The van der Waals surface area contributed by atoms with Gasteiger partial charge in [-0.3, -0.25) is 4.79 Å². The second-order valence-corrected chi connectivity index (χ2v) is 9.51. The number of hydrogen-bond acceptors (Lipinski definition) is 3. The van der Waals surface area contributed by atoms with Crippen LogP contribution < -0.4 is 0 Å². The van der Waals surface area contributed by atoms with Crippen molar-refractivity contribution in [3.63, 3.8) is 0 Å². The molecular weight excluding hydrogens is 432 g/mol. The molecule has 0 amide bonds. The first kappa shape index (κ1) is 28.4. The number of halogens is 1. The van der Waals surface area contributed by atoms with E-state index in [0.717, 1.165) is 12.8 Å². The van der Waals surface area contributed by atoms with Gasteiger partial charge < -0.3 is 9.84 Å². The molecule has 5 heteroatoms. The first-order valence-electron chi connectivity index (χ1n) is 12.0. The van der Waals surface area contributed by atoms with Crippen molar-refractivity contribution >= 4 is 27.9 Å². The van der Waals surface area contributed by atoms with Crippen molar-refractivity contribution < 1.29 is 19.4 Å². The lowest BCUT2D eigenvalue weighted by atomic mass is 10.0. The summed E-state index contributed by atoms with van der Waals surface area (Å²) in [5, 5.41) is 9.13. The topological polar surface area (TPSA) is 63.6 Å². The molecule has 0 saturated carbocycles. The summed E-state index contributed by atoms with van der Waals surface area (Å²) < 4.78 is 4.87. The lowest BCUT2D eigenvalue weighted by molar-refractivity contribution is -0.162. The van der Waals surface area contributed by atoms with Gasteiger partial charge in [-0.15, -0.1) is 0 Å². The quantitative estimate of drug-likeness (QED) is 0.104. The SMILES string of the molecule is CCCCCCCCCCCCCCCCCCCC(Br)C(OC(C)=O)C(=O)O. The van der Waals surface area contributed by atoms with Gasteiger partial charge in [0.05, 0.1) is 4.83 Å². The summed E-state index contributed by atoms with van der Waals surface area (Å²) in [6.07, 6.45) is 22.2. The maximum absolute atomic E-state index is 11.2. The van der Waals surface area contributed by atoms with Crippen LogP contribution in [-0.2, 0) is 14.3 Å². The largest absolute Gasteiger partial charge is 0.478 e. The van der Waals surface area contributed by atoms with Gasteiger partial charge in [0.2, 0.25) is 6.10 Å². The van der Waals surface area contributed by atoms with Crippen LogP contribution in [0.2, 0.25) is 0 Å². The Bertz CT molecular complexity index is 400. The average molecular weight is 478 g/mol. The Morgan fingerprint density at radius 3 is 1.38 bits per heavy atom. The summed E-state index contributed by atoms with van der Waals surface area (Å²) >= 11 is 3.36. The van der Waals surface area contributed by atoms with Gasteiger partial charge in [0.15, 0.2) is 0 Å². The maximum Gasteiger partial charge on any atom is 0.346 e. The number of esters is 1. The zero-order valence-electron chi connectivity index (χ0n) is 18.9. The van der Waals surface area contributed by atoms with Crippen molar-refractivity contribution in [3.05, 3.63) is 0 Å². The molecule has 0 rings (SSSR count). The highest BCUT2D eigenvalue weighted by Gasteiger charge is 2.28. The zero-order chi connectivity index (χ0) is 21.7. The van der Waals surface area contributed by atoms with Crippen molar-refractivity contribution in [2.24, 2.45) is 0 Å². The second-order valence-electron chi connectivity index (χ2n) is 8.33.